The fourth-order valence-corrected chi connectivity index (χ4v) is 3.15. The lowest BCUT2D eigenvalue weighted by Gasteiger charge is -2.25. The van der Waals surface area contributed by atoms with Crippen LogP contribution in [0.2, 0.25) is 0 Å². The highest BCUT2D eigenvalue weighted by Crippen LogP contribution is 2.38. The standard InChI is InChI=1S/C16H20N6O/c23-16(14-9-13(19-20-14)11-5-6-11)17-10-12-3-2-8-22(12)15-4-1-7-18-21-15/h1,4,7,9,11-12H,2-3,5-6,8,10H2,(H,17,23)(H,19,20)/t12-/m0/s1. The Morgan fingerprint density at radius 1 is 1.39 bits per heavy atom. The van der Waals surface area contributed by atoms with E-state index in [1.165, 1.54) is 12.8 Å². The predicted octanol–water partition coefficient (Wildman–Crippen LogP) is 1.48. The molecule has 1 aliphatic carbocycles. The minimum Gasteiger partial charge on any atom is -0.350 e. The first kappa shape index (κ1) is 14.2. The molecule has 1 saturated heterocycles. The maximum Gasteiger partial charge on any atom is 0.271 e. The fraction of sp³-hybridized carbons (Fsp3) is 0.500. The van der Waals surface area contributed by atoms with Crippen molar-refractivity contribution in [1.29, 1.82) is 0 Å². The van der Waals surface area contributed by atoms with Gasteiger partial charge in [0.25, 0.3) is 5.91 Å². The van der Waals surface area contributed by atoms with Gasteiger partial charge in [-0.3, -0.25) is 9.89 Å². The van der Waals surface area contributed by atoms with Crippen molar-refractivity contribution in [2.75, 3.05) is 18.0 Å². The van der Waals surface area contributed by atoms with Crippen LogP contribution in [-0.2, 0) is 0 Å². The molecule has 2 N–H and O–H groups in total. The number of aromatic nitrogens is 4. The summed E-state index contributed by atoms with van der Waals surface area (Å²) in [6.45, 7) is 1.55. The van der Waals surface area contributed by atoms with E-state index in [2.05, 4.69) is 30.6 Å². The molecule has 2 aromatic rings. The molecule has 0 aromatic carbocycles. The van der Waals surface area contributed by atoms with Crippen LogP contribution in [0.4, 0.5) is 5.82 Å². The van der Waals surface area contributed by atoms with Crippen LogP contribution in [0.3, 0.4) is 0 Å². The van der Waals surface area contributed by atoms with Crippen LogP contribution in [0, 0.1) is 0 Å². The van der Waals surface area contributed by atoms with Gasteiger partial charge >= 0.3 is 0 Å². The summed E-state index contributed by atoms with van der Waals surface area (Å²) in [5.74, 6) is 1.34. The SMILES string of the molecule is O=C(NC[C@@H]1CCCN1c1cccnn1)c1cc(C2CC2)[nH]n1. The van der Waals surface area contributed by atoms with E-state index in [1.54, 1.807) is 6.20 Å². The quantitative estimate of drug-likeness (QED) is 0.873. The molecule has 2 aromatic heterocycles. The number of hydrogen-bond acceptors (Lipinski definition) is 5. The zero-order valence-corrected chi connectivity index (χ0v) is 12.9. The number of anilines is 1. The Morgan fingerprint density at radius 3 is 3.09 bits per heavy atom. The molecule has 0 unspecified atom stereocenters. The molecule has 1 saturated carbocycles. The molecule has 2 aliphatic rings. The molecule has 2 fully saturated rings. The van der Waals surface area contributed by atoms with E-state index >= 15 is 0 Å². The highest BCUT2D eigenvalue weighted by molar-refractivity contribution is 5.92. The van der Waals surface area contributed by atoms with Crippen molar-refractivity contribution in [3.8, 4) is 0 Å². The maximum atomic E-state index is 12.3. The summed E-state index contributed by atoms with van der Waals surface area (Å²) in [5.41, 5.74) is 1.56. The Balaban J connectivity index is 1.36. The summed E-state index contributed by atoms with van der Waals surface area (Å²) in [5, 5.41) is 18.2. The Labute approximate surface area is 134 Å². The third-order valence-electron chi connectivity index (χ3n) is 4.58. The zero-order valence-electron chi connectivity index (χ0n) is 12.9. The largest absolute Gasteiger partial charge is 0.350 e. The number of rotatable bonds is 5. The Hall–Kier alpha value is -2.44. The number of amides is 1. The van der Waals surface area contributed by atoms with Crippen LogP contribution in [0.25, 0.3) is 0 Å². The number of nitrogens with one attached hydrogen (secondary N) is 2. The molecule has 1 atom stereocenters. The number of nitrogens with zero attached hydrogens (tertiary/aromatic N) is 4. The lowest BCUT2D eigenvalue weighted by molar-refractivity contribution is 0.0946. The van der Waals surface area contributed by atoms with Crippen LogP contribution in [0.15, 0.2) is 24.4 Å². The molecule has 7 heteroatoms. The van der Waals surface area contributed by atoms with E-state index in [0.29, 0.717) is 18.2 Å². The van der Waals surface area contributed by atoms with Crippen LogP contribution in [-0.4, -0.2) is 45.4 Å². The van der Waals surface area contributed by atoms with E-state index in [1.807, 2.05) is 18.2 Å². The van der Waals surface area contributed by atoms with E-state index in [0.717, 1.165) is 30.9 Å². The first-order valence-electron chi connectivity index (χ1n) is 8.19. The highest BCUT2D eigenvalue weighted by atomic mass is 16.1. The number of carbonyl (C=O) groups excluding carboxylic acids is 1. The fourth-order valence-electron chi connectivity index (χ4n) is 3.15. The average Bonchev–Trinajstić information content (AvgIpc) is 3.14. The van der Waals surface area contributed by atoms with E-state index in [4.69, 9.17) is 0 Å². The lowest BCUT2D eigenvalue weighted by atomic mass is 10.2. The minimum absolute atomic E-state index is 0.112. The van der Waals surface area contributed by atoms with Gasteiger partial charge < -0.3 is 10.2 Å². The number of carbonyl (C=O) groups is 1. The summed E-state index contributed by atoms with van der Waals surface area (Å²) in [6, 6.07) is 5.99. The highest BCUT2D eigenvalue weighted by Gasteiger charge is 2.28. The Bertz CT molecular complexity index is 681. The van der Waals surface area contributed by atoms with Crippen molar-refractivity contribution in [2.24, 2.45) is 0 Å². The van der Waals surface area contributed by atoms with Gasteiger partial charge in [-0.15, -0.1) is 5.10 Å². The molecule has 7 nitrogen and oxygen atoms in total. The van der Waals surface area contributed by atoms with E-state index in [9.17, 15) is 4.79 Å². The second-order valence-corrected chi connectivity index (χ2v) is 6.26. The van der Waals surface area contributed by atoms with Gasteiger partial charge in [-0.2, -0.15) is 10.2 Å². The van der Waals surface area contributed by atoms with Crippen LogP contribution < -0.4 is 10.2 Å². The molecule has 120 valence electrons. The summed E-state index contributed by atoms with van der Waals surface area (Å²) in [7, 11) is 0. The van der Waals surface area contributed by atoms with Gasteiger partial charge in [0.2, 0.25) is 0 Å². The first-order valence-corrected chi connectivity index (χ1v) is 8.19. The third kappa shape index (κ3) is 3.04. The molecule has 1 aliphatic heterocycles. The van der Waals surface area contributed by atoms with Crippen LogP contribution >= 0.6 is 0 Å². The van der Waals surface area contributed by atoms with Crippen molar-refractivity contribution >= 4 is 11.7 Å². The normalized spacial score (nSPS) is 20.7. The average molecular weight is 312 g/mol. The van der Waals surface area contributed by atoms with Crippen molar-refractivity contribution in [1.82, 2.24) is 25.7 Å². The summed E-state index contributed by atoms with van der Waals surface area (Å²) in [4.78, 5) is 14.5. The van der Waals surface area contributed by atoms with Crippen molar-refractivity contribution in [3.05, 3.63) is 35.8 Å². The van der Waals surface area contributed by atoms with Gasteiger partial charge in [0.05, 0.1) is 0 Å². The molecule has 0 radical (unpaired) electrons. The number of H-pyrrole nitrogens is 1. The van der Waals surface area contributed by atoms with Gasteiger partial charge in [0.15, 0.2) is 5.82 Å². The molecular formula is C16H20N6O. The predicted molar refractivity (Wildman–Crippen MR) is 85.3 cm³/mol. The summed E-state index contributed by atoms with van der Waals surface area (Å²) in [6.07, 6.45) is 6.21. The molecule has 4 rings (SSSR count). The minimum atomic E-state index is -0.112. The van der Waals surface area contributed by atoms with Crippen molar-refractivity contribution in [3.63, 3.8) is 0 Å². The van der Waals surface area contributed by atoms with Crippen LogP contribution in [0.5, 0.6) is 0 Å². The summed E-state index contributed by atoms with van der Waals surface area (Å²) < 4.78 is 0. The second kappa shape index (κ2) is 5.98. The molecular weight excluding hydrogens is 292 g/mol. The van der Waals surface area contributed by atoms with Gasteiger partial charge in [0.1, 0.15) is 5.69 Å². The Morgan fingerprint density at radius 2 is 2.30 bits per heavy atom. The number of aromatic amines is 1. The number of hydrogen-bond donors (Lipinski definition) is 2. The lowest BCUT2D eigenvalue weighted by Crippen LogP contribution is -2.40. The molecule has 1 amide bonds. The molecule has 23 heavy (non-hydrogen) atoms. The van der Waals surface area contributed by atoms with Gasteiger partial charge in [0, 0.05) is 36.9 Å². The Kier molecular flexibility index (Phi) is 3.69. The van der Waals surface area contributed by atoms with E-state index in [-0.39, 0.29) is 11.9 Å². The van der Waals surface area contributed by atoms with Gasteiger partial charge in [-0.1, -0.05) is 0 Å². The molecule has 0 spiro atoms. The topological polar surface area (TPSA) is 86.8 Å². The molecule has 3 heterocycles. The maximum absolute atomic E-state index is 12.3. The smallest absolute Gasteiger partial charge is 0.271 e. The molecule has 0 bridgehead atoms. The van der Waals surface area contributed by atoms with Gasteiger partial charge in [-0.25, -0.2) is 0 Å². The van der Waals surface area contributed by atoms with E-state index < -0.39 is 0 Å². The zero-order chi connectivity index (χ0) is 15.6. The van der Waals surface area contributed by atoms with Crippen molar-refractivity contribution in [2.45, 2.75) is 37.6 Å². The second-order valence-electron chi connectivity index (χ2n) is 6.26. The third-order valence-corrected chi connectivity index (χ3v) is 4.58. The summed E-state index contributed by atoms with van der Waals surface area (Å²) >= 11 is 0. The van der Waals surface area contributed by atoms with Gasteiger partial charge in [-0.05, 0) is 43.9 Å². The first-order chi connectivity index (χ1) is 11.3. The van der Waals surface area contributed by atoms with Crippen molar-refractivity contribution < 1.29 is 4.79 Å². The monoisotopic (exact) mass is 312 g/mol. The van der Waals surface area contributed by atoms with Crippen LogP contribution in [0.1, 0.15) is 47.8 Å².